The molecule has 6 nitrogen and oxygen atoms in total. The van der Waals surface area contributed by atoms with Crippen LogP contribution < -0.4 is 5.84 Å². The molecule has 0 spiro atoms. The molecule has 0 aromatic carbocycles. The maximum Gasteiger partial charge on any atom is 0.310 e. The van der Waals surface area contributed by atoms with E-state index in [1.807, 2.05) is 41.5 Å². The molecule has 0 aliphatic carbocycles. The Balaban J connectivity index is 2.70. The van der Waals surface area contributed by atoms with Crippen molar-refractivity contribution in [3.63, 3.8) is 0 Å². The fourth-order valence-corrected chi connectivity index (χ4v) is 2.24. The molecule has 122 valence electrons. The van der Waals surface area contributed by atoms with E-state index in [0.717, 1.165) is 0 Å². The topological polar surface area (TPSA) is 81.9 Å². The van der Waals surface area contributed by atoms with E-state index in [9.17, 15) is 9.59 Å². The van der Waals surface area contributed by atoms with Crippen LogP contribution in [-0.2, 0) is 19.1 Å². The SMILES string of the molecule is CC(C)(C)OC(=O)[C@@H]1C[C@H](C(=O)OC(C)(C)C)CN(N)C1. The Bertz CT molecular complexity index is 359. The number of hydrogen-bond donors (Lipinski definition) is 1. The van der Waals surface area contributed by atoms with Crippen molar-refractivity contribution >= 4 is 11.9 Å². The van der Waals surface area contributed by atoms with E-state index in [1.54, 1.807) is 0 Å². The van der Waals surface area contributed by atoms with Gasteiger partial charge in [-0.3, -0.25) is 15.4 Å². The van der Waals surface area contributed by atoms with Crippen LogP contribution in [0.3, 0.4) is 0 Å². The van der Waals surface area contributed by atoms with Crippen molar-refractivity contribution in [3.8, 4) is 0 Å². The molecule has 1 rings (SSSR count). The summed E-state index contributed by atoms with van der Waals surface area (Å²) in [5, 5.41) is 1.49. The number of carbonyl (C=O) groups is 2. The van der Waals surface area contributed by atoms with Crippen LogP contribution in [0.2, 0.25) is 0 Å². The second kappa shape index (κ2) is 6.32. The highest BCUT2D eigenvalue weighted by Gasteiger charge is 2.38. The predicted molar refractivity (Wildman–Crippen MR) is 79.0 cm³/mol. The van der Waals surface area contributed by atoms with E-state index >= 15 is 0 Å². The maximum atomic E-state index is 12.2. The largest absolute Gasteiger partial charge is 0.460 e. The Morgan fingerprint density at radius 2 is 1.24 bits per heavy atom. The van der Waals surface area contributed by atoms with Crippen LogP contribution in [0.25, 0.3) is 0 Å². The van der Waals surface area contributed by atoms with Gasteiger partial charge in [-0.15, -0.1) is 0 Å². The summed E-state index contributed by atoms with van der Waals surface area (Å²) >= 11 is 0. The van der Waals surface area contributed by atoms with Crippen molar-refractivity contribution in [2.75, 3.05) is 13.1 Å². The molecule has 1 aliphatic heterocycles. The average molecular weight is 300 g/mol. The van der Waals surface area contributed by atoms with Gasteiger partial charge in [0.05, 0.1) is 11.8 Å². The van der Waals surface area contributed by atoms with Crippen LogP contribution in [0.4, 0.5) is 0 Å². The lowest BCUT2D eigenvalue weighted by Crippen LogP contribution is -2.50. The Kier molecular flexibility index (Phi) is 5.39. The molecule has 0 amide bonds. The minimum atomic E-state index is -0.546. The van der Waals surface area contributed by atoms with Gasteiger partial charge >= 0.3 is 11.9 Å². The molecule has 1 fully saturated rings. The van der Waals surface area contributed by atoms with Crippen molar-refractivity contribution in [1.29, 1.82) is 0 Å². The number of esters is 2. The van der Waals surface area contributed by atoms with Gasteiger partial charge in [-0.25, -0.2) is 5.01 Å². The molecule has 1 saturated heterocycles. The first-order valence-corrected chi connectivity index (χ1v) is 7.33. The van der Waals surface area contributed by atoms with Gasteiger partial charge < -0.3 is 9.47 Å². The highest BCUT2D eigenvalue weighted by atomic mass is 16.6. The zero-order chi connectivity index (χ0) is 16.4. The first-order valence-electron chi connectivity index (χ1n) is 7.33. The molecule has 0 unspecified atom stereocenters. The highest BCUT2D eigenvalue weighted by Crippen LogP contribution is 2.25. The summed E-state index contributed by atoms with van der Waals surface area (Å²) in [5.41, 5.74) is -1.09. The normalized spacial score (nSPS) is 24.5. The Hall–Kier alpha value is -1.14. The van der Waals surface area contributed by atoms with Crippen molar-refractivity contribution in [2.45, 2.75) is 59.2 Å². The Morgan fingerprint density at radius 3 is 1.52 bits per heavy atom. The third-order valence-electron chi connectivity index (χ3n) is 2.96. The van der Waals surface area contributed by atoms with E-state index in [4.69, 9.17) is 15.3 Å². The van der Waals surface area contributed by atoms with Gasteiger partial charge in [-0.2, -0.15) is 0 Å². The molecule has 21 heavy (non-hydrogen) atoms. The Morgan fingerprint density at radius 1 is 0.905 bits per heavy atom. The van der Waals surface area contributed by atoms with Gasteiger partial charge in [0, 0.05) is 13.1 Å². The molecule has 0 radical (unpaired) electrons. The van der Waals surface area contributed by atoms with E-state index in [2.05, 4.69) is 0 Å². The van der Waals surface area contributed by atoms with Gasteiger partial charge in [0.15, 0.2) is 0 Å². The third kappa shape index (κ3) is 6.44. The van der Waals surface area contributed by atoms with Crippen LogP contribution >= 0.6 is 0 Å². The molecule has 0 saturated carbocycles. The van der Waals surface area contributed by atoms with Crippen LogP contribution in [0, 0.1) is 11.8 Å². The lowest BCUT2D eigenvalue weighted by molar-refractivity contribution is -0.168. The fourth-order valence-electron chi connectivity index (χ4n) is 2.24. The lowest BCUT2D eigenvalue weighted by atomic mass is 9.89. The number of rotatable bonds is 2. The summed E-state index contributed by atoms with van der Waals surface area (Å²) in [6, 6.07) is 0. The van der Waals surface area contributed by atoms with E-state index < -0.39 is 23.0 Å². The van der Waals surface area contributed by atoms with Gasteiger partial charge in [0.25, 0.3) is 0 Å². The molecule has 1 aliphatic rings. The molecular formula is C15H28N2O4. The second-order valence-electron chi connectivity index (χ2n) is 7.65. The van der Waals surface area contributed by atoms with Crippen LogP contribution in [0.15, 0.2) is 0 Å². The molecule has 1 heterocycles. The molecule has 6 heteroatoms. The molecule has 0 aromatic heterocycles. The van der Waals surface area contributed by atoms with Crippen LogP contribution in [-0.4, -0.2) is 41.2 Å². The van der Waals surface area contributed by atoms with Crippen molar-refractivity contribution < 1.29 is 19.1 Å². The number of carbonyl (C=O) groups excluding carboxylic acids is 2. The summed E-state index contributed by atoms with van der Waals surface area (Å²) in [4.78, 5) is 24.3. The van der Waals surface area contributed by atoms with Gasteiger partial charge in [-0.1, -0.05) is 0 Å². The summed E-state index contributed by atoms with van der Waals surface area (Å²) in [5.74, 6) is 4.40. The van der Waals surface area contributed by atoms with E-state index in [0.29, 0.717) is 19.5 Å². The summed E-state index contributed by atoms with van der Waals surface area (Å²) in [6.45, 7) is 11.7. The smallest absolute Gasteiger partial charge is 0.310 e. The quantitative estimate of drug-likeness (QED) is 0.614. The molecule has 2 N–H and O–H groups in total. The zero-order valence-electron chi connectivity index (χ0n) is 13.9. The number of ether oxygens (including phenoxy) is 2. The monoisotopic (exact) mass is 300 g/mol. The summed E-state index contributed by atoms with van der Waals surface area (Å²) in [7, 11) is 0. The predicted octanol–water partition coefficient (Wildman–Crippen LogP) is 1.48. The standard InChI is InChI=1S/C15H28N2O4/c1-14(2,3)20-12(18)10-7-11(9-17(16)8-10)13(19)21-15(4,5)6/h10-11H,7-9,16H2,1-6H3/t10-,11+. The van der Waals surface area contributed by atoms with Gasteiger partial charge in [0.1, 0.15) is 11.2 Å². The first kappa shape index (κ1) is 17.9. The minimum absolute atomic E-state index is 0.314. The van der Waals surface area contributed by atoms with E-state index in [-0.39, 0.29) is 11.9 Å². The lowest BCUT2D eigenvalue weighted by Gasteiger charge is -2.35. The van der Waals surface area contributed by atoms with Crippen molar-refractivity contribution in [3.05, 3.63) is 0 Å². The molecule has 2 atom stereocenters. The Labute approximate surface area is 126 Å². The zero-order valence-corrected chi connectivity index (χ0v) is 13.9. The number of piperidine rings is 1. The fraction of sp³-hybridized carbons (Fsp3) is 0.867. The average Bonchev–Trinajstić information content (AvgIpc) is 2.23. The van der Waals surface area contributed by atoms with Crippen molar-refractivity contribution in [1.82, 2.24) is 5.01 Å². The van der Waals surface area contributed by atoms with E-state index in [1.165, 1.54) is 5.01 Å². The third-order valence-corrected chi connectivity index (χ3v) is 2.96. The molecular weight excluding hydrogens is 272 g/mol. The number of hydrogen-bond acceptors (Lipinski definition) is 6. The maximum absolute atomic E-state index is 12.2. The number of nitrogens with zero attached hydrogens (tertiary/aromatic N) is 1. The summed E-state index contributed by atoms with van der Waals surface area (Å²) < 4.78 is 10.8. The summed E-state index contributed by atoms with van der Waals surface area (Å²) in [6.07, 6.45) is 0.414. The number of nitrogens with two attached hydrogens (primary N) is 1. The molecule has 0 bridgehead atoms. The number of hydrazine groups is 1. The first-order chi connectivity index (χ1) is 9.37. The van der Waals surface area contributed by atoms with Crippen LogP contribution in [0.1, 0.15) is 48.0 Å². The van der Waals surface area contributed by atoms with Gasteiger partial charge in [-0.05, 0) is 48.0 Å². The second-order valence-corrected chi connectivity index (χ2v) is 7.65. The molecule has 0 aromatic rings. The van der Waals surface area contributed by atoms with Crippen LogP contribution in [0.5, 0.6) is 0 Å². The van der Waals surface area contributed by atoms with Gasteiger partial charge in [0.2, 0.25) is 0 Å². The van der Waals surface area contributed by atoms with Crippen molar-refractivity contribution in [2.24, 2.45) is 17.7 Å². The highest BCUT2D eigenvalue weighted by molar-refractivity contribution is 5.77. The minimum Gasteiger partial charge on any atom is -0.460 e.